The lowest BCUT2D eigenvalue weighted by Gasteiger charge is -2.10. The first-order valence-corrected chi connectivity index (χ1v) is 8.72. The number of amides is 3. The summed E-state index contributed by atoms with van der Waals surface area (Å²) in [5.41, 5.74) is 3.51. The van der Waals surface area contributed by atoms with E-state index in [0.29, 0.717) is 5.69 Å². The molecule has 0 bridgehead atoms. The number of aromatic nitrogens is 3. The van der Waals surface area contributed by atoms with Crippen LogP contribution in [-0.4, -0.2) is 39.3 Å². The number of carbonyl (C=O) groups is 3. The zero-order valence-corrected chi connectivity index (χ0v) is 15.9. The van der Waals surface area contributed by atoms with Crippen molar-refractivity contribution in [1.82, 2.24) is 20.1 Å². The average molecular weight is 393 g/mol. The van der Waals surface area contributed by atoms with E-state index >= 15 is 0 Å². The predicted octanol–water partition coefficient (Wildman–Crippen LogP) is 2.39. The first-order chi connectivity index (χ1) is 13.9. The van der Waals surface area contributed by atoms with E-state index in [2.05, 4.69) is 20.7 Å². The summed E-state index contributed by atoms with van der Waals surface area (Å²) >= 11 is 0. The fourth-order valence-corrected chi connectivity index (χ4v) is 2.58. The summed E-state index contributed by atoms with van der Waals surface area (Å²) in [5.74, 6) is -1.42. The van der Waals surface area contributed by atoms with Gasteiger partial charge in [0, 0.05) is 5.69 Å². The lowest BCUT2D eigenvalue weighted by Crippen LogP contribution is -2.37. The van der Waals surface area contributed by atoms with Gasteiger partial charge in [0.15, 0.2) is 6.61 Å². The van der Waals surface area contributed by atoms with E-state index in [4.69, 9.17) is 4.74 Å². The Morgan fingerprint density at radius 2 is 1.83 bits per heavy atom. The van der Waals surface area contributed by atoms with Crippen LogP contribution in [0.25, 0.3) is 5.69 Å². The van der Waals surface area contributed by atoms with Gasteiger partial charge in [-0.25, -0.2) is 19.3 Å². The van der Waals surface area contributed by atoms with Gasteiger partial charge in [-0.3, -0.25) is 10.1 Å². The van der Waals surface area contributed by atoms with Crippen LogP contribution in [0.1, 0.15) is 21.5 Å². The van der Waals surface area contributed by atoms with Gasteiger partial charge in [0.2, 0.25) is 0 Å². The molecule has 3 aromatic rings. The largest absolute Gasteiger partial charge is 0.452 e. The highest BCUT2D eigenvalue weighted by Gasteiger charge is 2.13. The fourth-order valence-electron chi connectivity index (χ4n) is 2.58. The smallest absolute Gasteiger partial charge is 0.338 e. The number of hydrogen-bond donors (Lipinski definition) is 2. The Morgan fingerprint density at radius 1 is 1.07 bits per heavy atom. The summed E-state index contributed by atoms with van der Waals surface area (Å²) in [6, 6.07) is 11.2. The third kappa shape index (κ3) is 5.25. The molecule has 0 fully saturated rings. The highest BCUT2D eigenvalue weighted by Crippen LogP contribution is 2.15. The quantitative estimate of drug-likeness (QED) is 0.643. The van der Waals surface area contributed by atoms with Gasteiger partial charge >= 0.3 is 12.0 Å². The Hall–Kier alpha value is -4.01. The number of urea groups is 1. The van der Waals surface area contributed by atoms with Crippen molar-refractivity contribution in [3.8, 4) is 5.69 Å². The van der Waals surface area contributed by atoms with Crippen molar-refractivity contribution in [3.63, 3.8) is 0 Å². The van der Waals surface area contributed by atoms with Crippen LogP contribution < -0.4 is 10.6 Å². The average Bonchev–Trinajstić information content (AvgIpc) is 3.23. The predicted molar refractivity (Wildman–Crippen MR) is 105 cm³/mol. The SMILES string of the molecule is Cc1ccc(NC(=O)NC(=O)COC(=O)c2ccc(-n3cncn3)cc2)c(C)c1. The molecule has 0 spiro atoms. The highest BCUT2D eigenvalue weighted by molar-refractivity contribution is 6.02. The van der Waals surface area contributed by atoms with Gasteiger partial charge in [-0.05, 0) is 49.7 Å². The topological polar surface area (TPSA) is 115 Å². The van der Waals surface area contributed by atoms with E-state index < -0.39 is 24.5 Å². The number of anilines is 1. The third-order valence-electron chi connectivity index (χ3n) is 4.00. The number of hydrogen-bond acceptors (Lipinski definition) is 6. The fraction of sp³-hybridized carbons (Fsp3) is 0.150. The summed E-state index contributed by atoms with van der Waals surface area (Å²) in [6.45, 7) is 3.21. The Labute approximate surface area is 166 Å². The molecule has 0 radical (unpaired) electrons. The standard InChI is InChI=1S/C20H19N5O4/c1-13-3-8-17(14(2)9-13)23-20(28)24-18(26)10-29-19(27)15-4-6-16(7-5-15)25-12-21-11-22-25/h3-9,11-12H,10H2,1-2H3,(H2,23,24,26,28). The molecule has 2 N–H and O–H groups in total. The van der Waals surface area contributed by atoms with Crippen LogP contribution in [0.4, 0.5) is 10.5 Å². The molecule has 0 aliphatic carbocycles. The Bertz CT molecular complexity index is 1030. The molecule has 3 amide bonds. The van der Waals surface area contributed by atoms with Gasteiger partial charge in [-0.15, -0.1) is 0 Å². The molecule has 0 unspecified atom stereocenters. The minimum atomic E-state index is -0.736. The van der Waals surface area contributed by atoms with Gasteiger partial charge in [0.05, 0.1) is 11.3 Å². The molecule has 0 saturated carbocycles. The van der Waals surface area contributed by atoms with Gasteiger partial charge in [-0.1, -0.05) is 17.7 Å². The molecule has 9 heteroatoms. The van der Waals surface area contributed by atoms with E-state index in [1.165, 1.54) is 17.3 Å². The Balaban J connectivity index is 1.48. The van der Waals surface area contributed by atoms with E-state index in [-0.39, 0.29) is 5.56 Å². The van der Waals surface area contributed by atoms with Gasteiger partial charge in [0.25, 0.3) is 5.91 Å². The molecule has 148 valence electrons. The molecular formula is C20H19N5O4. The van der Waals surface area contributed by atoms with Crippen molar-refractivity contribution in [2.75, 3.05) is 11.9 Å². The van der Waals surface area contributed by atoms with Crippen LogP contribution in [0.5, 0.6) is 0 Å². The van der Waals surface area contributed by atoms with Crippen molar-refractivity contribution in [2.24, 2.45) is 0 Å². The zero-order chi connectivity index (χ0) is 20.8. The lowest BCUT2D eigenvalue weighted by molar-refractivity contribution is -0.123. The highest BCUT2D eigenvalue weighted by atomic mass is 16.5. The number of nitrogens with one attached hydrogen (secondary N) is 2. The minimum Gasteiger partial charge on any atom is -0.452 e. The van der Waals surface area contributed by atoms with Crippen LogP contribution in [0.2, 0.25) is 0 Å². The maximum atomic E-state index is 12.1. The molecule has 1 aromatic heterocycles. The van der Waals surface area contributed by atoms with Crippen molar-refractivity contribution in [3.05, 3.63) is 71.8 Å². The summed E-state index contributed by atoms with van der Waals surface area (Å²) in [4.78, 5) is 39.7. The van der Waals surface area contributed by atoms with Crippen molar-refractivity contribution in [1.29, 1.82) is 0 Å². The number of imide groups is 1. The number of rotatable bonds is 5. The van der Waals surface area contributed by atoms with E-state index in [1.54, 1.807) is 30.3 Å². The van der Waals surface area contributed by atoms with Gasteiger partial charge in [-0.2, -0.15) is 5.10 Å². The van der Waals surface area contributed by atoms with E-state index in [9.17, 15) is 14.4 Å². The van der Waals surface area contributed by atoms with Crippen molar-refractivity contribution >= 4 is 23.6 Å². The molecule has 3 rings (SSSR count). The number of esters is 1. The maximum Gasteiger partial charge on any atom is 0.338 e. The normalized spacial score (nSPS) is 10.3. The summed E-state index contributed by atoms with van der Waals surface area (Å²) in [7, 11) is 0. The molecule has 0 atom stereocenters. The Kier molecular flexibility index (Phi) is 5.98. The van der Waals surface area contributed by atoms with Gasteiger partial charge < -0.3 is 10.1 Å². The molecular weight excluding hydrogens is 374 g/mol. The third-order valence-corrected chi connectivity index (χ3v) is 4.00. The monoisotopic (exact) mass is 393 g/mol. The molecule has 1 heterocycles. The van der Waals surface area contributed by atoms with Crippen LogP contribution in [0.3, 0.4) is 0 Å². The van der Waals surface area contributed by atoms with Crippen LogP contribution in [0.15, 0.2) is 55.1 Å². The Morgan fingerprint density at radius 3 is 2.48 bits per heavy atom. The number of carbonyl (C=O) groups excluding carboxylic acids is 3. The second kappa shape index (κ2) is 8.79. The summed E-state index contributed by atoms with van der Waals surface area (Å²) < 4.78 is 6.48. The molecule has 0 aliphatic heterocycles. The first kappa shape index (κ1) is 19.7. The van der Waals surface area contributed by atoms with Crippen LogP contribution >= 0.6 is 0 Å². The van der Waals surface area contributed by atoms with E-state index in [0.717, 1.165) is 16.8 Å². The molecule has 0 aliphatic rings. The lowest BCUT2D eigenvalue weighted by atomic mass is 10.1. The number of ether oxygens (including phenoxy) is 1. The molecule has 9 nitrogen and oxygen atoms in total. The zero-order valence-electron chi connectivity index (χ0n) is 15.9. The van der Waals surface area contributed by atoms with Crippen molar-refractivity contribution in [2.45, 2.75) is 13.8 Å². The second-order valence-corrected chi connectivity index (χ2v) is 6.28. The summed E-state index contributed by atoms with van der Waals surface area (Å²) in [5, 5.41) is 8.69. The van der Waals surface area contributed by atoms with Gasteiger partial charge in [0.1, 0.15) is 12.7 Å². The van der Waals surface area contributed by atoms with Crippen molar-refractivity contribution < 1.29 is 19.1 Å². The first-order valence-electron chi connectivity index (χ1n) is 8.72. The maximum absolute atomic E-state index is 12.1. The number of aryl methyl sites for hydroxylation is 2. The van der Waals surface area contributed by atoms with Crippen LogP contribution in [-0.2, 0) is 9.53 Å². The van der Waals surface area contributed by atoms with Crippen LogP contribution in [0, 0.1) is 13.8 Å². The molecule has 2 aromatic carbocycles. The second-order valence-electron chi connectivity index (χ2n) is 6.28. The molecule has 29 heavy (non-hydrogen) atoms. The number of benzene rings is 2. The molecule has 0 saturated heterocycles. The number of nitrogens with zero attached hydrogens (tertiary/aromatic N) is 3. The minimum absolute atomic E-state index is 0.265. The van der Waals surface area contributed by atoms with E-state index in [1.807, 2.05) is 26.0 Å². The summed E-state index contributed by atoms with van der Waals surface area (Å²) in [6.07, 6.45) is 2.93.